The number of halogens is 2. The molecule has 4 rings (SSSR count). The minimum Gasteiger partial charge on any atom is -0.265 e. The van der Waals surface area contributed by atoms with Crippen molar-refractivity contribution in [1.29, 1.82) is 0 Å². The van der Waals surface area contributed by atoms with Crippen molar-refractivity contribution in [2.75, 3.05) is 0 Å². The molecule has 0 unspecified atom stereocenters. The highest BCUT2D eigenvalue weighted by molar-refractivity contribution is 6.34. The molecule has 0 aliphatic heterocycles. The Morgan fingerprint density at radius 2 is 2.13 bits per heavy atom. The summed E-state index contributed by atoms with van der Waals surface area (Å²) >= 11 is 6.30. The third-order valence-corrected chi connectivity index (χ3v) is 4.70. The standard InChI is InChI=1S/C16H14ClFN4O/c1-9-6-13(9)22-16(23)14-11(7-19-22)15(17)21(20-14)8-10-4-2-3-5-12(10)18/h2-5,7,9,13H,6,8H2,1H3/t9-,13-/m1/s1. The Balaban J connectivity index is 1.80. The molecule has 0 spiro atoms. The van der Waals surface area contributed by atoms with E-state index in [1.807, 2.05) is 0 Å². The average molecular weight is 333 g/mol. The lowest BCUT2D eigenvalue weighted by Crippen LogP contribution is -2.22. The van der Waals surface area contributed by atoms with Crippen LogP contribution in [-0.2, 0) is 6.54 Å². The smallest absolute Gasteiger partial charge is 0.265 e. The van der Waals surface area contributed by atoms with Crippen LogP contribution in [0.25, 0.3) is 10.9 Å². The number of rotatable bonds is 3. The highest BCUT2D eigenvalue weighted by atomic mass is 35.5. The molecule has 3 aromatic rings. The molecule has 2 heterocycles. The van der Waals surface area contributed by atoms with Crippen molar-refractivity contribution in [3.8, 4) is 0 Å². The van der Waals surface area contributed by atoms with E-state index < -0.39 is 0 Å². The zero-order valence-corrected chi connectivity index (χ0v) is 13.2. The lowest BCUT2D eigenvalue weighted by molar-refractivity contribution is 0.571. The summed E-state index contributed by atoms with van der Waals surface area (Å²) in [7, 11) is 0. The fourth-order valence-electron chi connectivity index (χ4n) is 2.78. The SMILES string of the molecule is C[C@@H]1C[C@H]1n1ncc2c(Cl)n(Cc3ccccc3F)nc2c1=O. The van der Waals surface area contributed by atoms with Gasteiger partial charge in [0, 0.05) is 5.56 Å². The topological polar surface area (TPSA) is 52.7 Å². The van der Waals surface area contributed by atoms with Gasteiger partial charge in [0.2, 0.25) is 0 Å². The molecule has 1 aliphatic rings. The number of aromatic nitrogens is 4. The molecule has 0 N–H and O–H groups in total. The predicted molar refractivity (Wildman–Crippen MR) is 85.1 cm³/mol. The summed E-state index contributed by atoms with van der Waals surface area (Å²) in [6, 6.07) is 6.57. The van der Waals surface area contributed by atoms with Gasteiger partial charge in [0.1, 0.15) is 11.0 Å². The van der Waals surface area contributed by atoms with E-state index in [1.165, 1.54) is 15.4 Å². The maximum atomic E-state index is 13.8. The van der Waals surface area contributed by atoms with E-state index in [9.17, 15) is 9.18 Å². The Morgan fingerprint density at radius 1 is 1.39 bits per heavy atom. The van der Waals surface area contributed by atoms with Crippen LogP contribution in [0.1, 0.15) is 24.9 Å². The number of benzene rings is 1. The van der Waals surface area contributed by atoms with E-state index in [0.717, 1.165) is 6.42 Å². The van der Waals surface area contributed by atoms with Crippen molar-refractivity contribution in [1.82, 2.24) is 19.6 Å². The molecule has 1 saturated carbocycles. The van der Waals surface area contributed by atoms with Crippen molar-refractivity contribution in [2.24, 2.45) is 5.92 Å². The second-order valence-corrected chi connectivity index (χ2v) is 6.33. The first-order valence-corrected chi connectivity index (χ1v) is 7.81. The third kappa shape index (κ3) is 2.34. The molecule has 5 nitrogen and oxygen atoms in total. The molecule has 118 valence electrons. The van der Waals surface area contributed by atoms with Crippen LogP contribution in [0.2, 0.25) is 5.15 Å². The van der Waals surface area contributed by atoms with Crippen molar-refractivity contribution in [3.63, 3.8) is 0 Å². The molecule has 2 aromatic heterocycles. The van der Waals surface area contributed by atoms with Gasteiger partial charge in [-0.2, -0.15) is 10.2 Å². The second kappa shape index (κ2) is 5.16. The van der Waals surface area contributed by atoms with Crippen LogP contribution in [0.3, 0.4) is 0 Å². The Kier molecular flexibility index (Phi) is 3.23. The number of fused-ring (bicyclic) bond motifs is 1. The first-order valence-electron chi connectivity index (χ1n) is 7.43. The molecule has 7 heteroatoms. The number of nitrogens with zero attached hydrogens (tertiary/aromatic N) is 4. The van der Waals surface area contributed by atoms with Gasteiger partial charge in [-0.1, -0.05) is 36.7 Å². The fraction of sp³-hybridized carbons (Fsp3) is 0.312. The largest absolute Gasteiger partial charge is 0.295 e. The molecule has 0 amide bonds. The zero-order valence-electron chi connectivity index (χ0n) is 12.4. The summed E-state index contributed by atoms with van der Waals surface area (Å²) in [4.78, 5) is 12.5. The fourth-order valence-corrected chi connectivity index (χ4v) is 3.02. The van der Waals surface area contributed by atoms with E-state index in [4.69, 9.17) is 11.6 Å². The van der Waals surface area contributed by atoms with Crippen molar-refractivity contribution in [2.45, 2.75) is 25.9 Å². The second-order valence-electron chi connectivity index (χ2n) is 5.98. The average Bonchev–Trinajstić information content (AvgIpc) is 3.17. The van der Waals surface area contributed by atoms with E-state index in [1.54, 1.807) is 24.4 Å². The van der Waals surface area contributed by atoms with E-state index in [-0.39, 0.29) is 29.5 Å². The minimum absolute atomic E-state index is 0.141. The van der Waals surface area contributed by atoms with E-state index >= 15 is 0 Å². The lowest BCUT2D eigenvalue weighted by Gasteiger charge is -2.04. The first-order chi connectivity index (χ1) is 11.1. The molecule has 2 atom stereocenters. The number of hydrogen-bond donors (Lipinski definition) is 0. The summed E-state index contributed by atoms with van der Waals surface area (Å²) in [6.07, 6.45) is 2.51. The van der Waals surface area contributed by atoms with Gasteiger partial charge in [-0.25, -0.2) is 13.8 Å². The molecule has 0 bridgehead atoms. The highest BCUT2D eigenvalue weighted by Crippen LogP contribution is 2.41. The summed E-state index contributed by atoms with van der Waals surface area (Å²) in [5.41, 5.74) is 0.498. The molecular formula is C16H14ClFN4O. The Hall–Kier alpha value is -2.21. The van der Waals surface area contributed by atoms with Crippen LogP contribution in [0.4, 0.5) is 4.39 Å². The zero-order chi connectivity index (χ0) is 16.1. The Labute approximate surface area is 136 Å². The molecule has 1 fully saturated rings. The van der Waals surface area contributed by atoms with Crippen molar-refractivity contribution < 1.29 is 4.39 Å². The minimum atomic E-state index is -0.328. The van der Waals surface area contributed by atoms with Gasteiger partial charge >= 0.3 is 0 Å². The quantitative estimate of drug-likeness (QED) is 0.741. The first kappa shape index (κ1) is 14.4. The molecule has 1 aliphatic carbocycles. The maximum Gasteiger partial charge on any atom is 0.295 e. The van der Waals surface area contributed by atoms with Crippen LogP contribution >= 0.6 is 11.6 Å². The predicted octanol–water partition coefficient (Wildman–Crippen LogP) is 3.01. The summed E-state index contributed by atoms with van der Waals surface area (Å²) in [6.45, 7) is 2.24. The van der Waals surface area contributed by atoms with Crippen LogP contribution in [0, 0.1) is 11.7 Å². The van der Waals surface area contributed by atoms with Gasteiger partial charge < -0.3 is 0 Å². The van der Waals surface area contributed by atoms with Gasteiger partial charge in [0.05, 0.1) is 24.2 Å². The summed E-state index contributed by atoms with van der Waals surface area (Å²) < 4.78 is 16.7. The van der Waals surface area contributed by atoms with Gasteiger partial charge in [-0.05, 0) is 18.4 Å². The van der Waals surface area contributed by atoms with E-state index in [2.05, 4.69) is 17.1 Å². The Bertz CT molecular complexity index is 964. The van der Waals surface area contributed by atoms with Gasteiger partial charge in [-0.3, -0.25) is 4.79 Å². The molecule has 1 aromatic carbocycles. The monoisotopic (exact) mass is 332 g/mol. The molecule has 23 heavy (non-hydrogen) atoms. The maximum absolute atomic E-state index is 13.8. The summed E-state index contributed by atoms with van der Waals surface area (Å²) in [5, 5.41) is 9.29. The third-order valence-electron chi connectivity index (χ3n) is 4.31. The van der Waals surface area contributed by atoms with Crippen LogP contribution < -0.4 is 5.56 Å². The number of hydrogen-bond acceptors (Lipinski definition) is 3. The summed E-state index contributed by atoms with van der Waals surface area (Å²) in [5.74, 6) is 0.124. The van der Waals surface area contributed by atoms with Crippen molar-refractivity contribution in [3.05, 3.63) is 57.3 Å². The molecular weight excluding hydrogens is 319 g/mol. The van der Waals surface area contributed by atoms with Gasteiger partial charge in [0.15, 0.2) is 5.52 Å². The Morgan fingerprint density at radius 3 is 2.83 bits per heavy atom. The van der Waals surface area contributed by atoms with Gasteiger partial charge in [-0.15, -0.1) is 0 Å². The highest BCUT2D eigenvalue weighted by Gasteiger charge is 2.36. The lowest BCUT2D eigenvalue weighted by atomic mass is 10.2. The van der Waals surface area contributed by atoms with Gasteiger partial charge in [0.25, 0.3) is 5.56 Å². The van der Waals surface area contributed by atoms with E-state index in [0.29, 0.717) is 22.0 Å². The van der Waals surface area contributed by atoms with Crippen LogP contribution in [-0.4, -0.2) is 19.6 Å². The van der Waals surface area contributed by atoms with Crippen LogP contribution in [0.15, 0.2) is 35.3 Å². The van der Waals surface area contributed by atoms with Crippen LogP contribution in [0.5, 0.6) is 0 Å². The molecule has 0 radical (unpaired) electrons. The normalized spacial score (nSPS) is 20.1. The van der Waals surface area contributed by atoms with Crippen molar-refractivity contribution >= 4 is 22.5 Å². The molecule has 0 saturated heterocycles.